The Kier molecular flexibility index (Phi) is 7.15. The van der Waals surface area contributed by atoms with E-state index in [1.807, 2.05) is 0 Å². The molecular formula is C16H19N3O6S. The van der Waals surface area contributed by atoms with Gasteiger partial charge in [0.1, 0.15) is 6.61 Å². The highest BCUT2D eigenvalue weighted by molar-refractivity contribution is 7.12. The minimum absolute atomic E-state index is 0.00553. The van der Waals surface area contributed by atoms with Crippen molar-refractivity contribution < 1.29 is 28.7 Å². The second kappa shape index (κ2) is 9.56. The molecule has 0 aliphatic carbocycles. The van der Waals surface area contributed by atoms with Crippen molar-refractivity contribution in [2.24, 2.45) is 0 Å². The predicted molar refractivity (Wildman–Crippen MR) is 92.4 cm³/mol. The van der Waals surface area contributed by atoms with Crippen molar-refractivity contribution in [3.63, 3.8) is 0 Å². The van der Waals surface area contributed by atoms with Gasteiger partial charge in [0.05, 0.1) is 35.7 Å². The van der Waals surface area contributed by atoms with Gasteiger partial charge in [-0.15, -0.1) is 11.3 Å². The Morgan fingerprint density at radius 3 is 2.81 bits per heavy atom. The summed E-state index contributed by atoms with van der Waals surface area (Å²) < 4.78 is 9.97. The smallest absolute Gasteiger partial charge is 0.337 e. The van der Waals surface area contributed by atoms with E-state index in [9.17, 15) is 19.2 Å². The number of urea groups is 1. The van der Waals surface area contributed by atoms with Crippen LogP contribution in [0, 0.1) is 0 Å². The van der Waals surface area contributed by atoms with Crippen LogP contribution in [0.5, 0.6) is 0 Å². The molecule has 3 amide bonds. The fourth-order valence-corrected chi connectivity index (χ4v) is 2.71. The molecule has 0 unspecified atom stereocenters. The summed E-state index contributed by atoms with van der Waals surface area (Å²) >= 11 is 1.30. The van der Waals surface area contributed by atoms with Crippen molar-refractivity contribution in [3.8, 4) is 0 Å². The standard InChI is InChI=1S/C16H19N3O6S/c1-2-24-15(22)10-8-18-16(23)19-11(10)9-25-13(20)5-6-17-14(21)12-4-3-7-26-12/h3-4,7H,2,5-6,8-9H2,1H3,(H,17,21)(H2,18,19,23). The third kappa shape index (κ3) is 5.59. The lowest BCUT2D eigenvalue weighted by Crippen LogP contribution is -2.45. The summed E-state index contributed by atoms with van der Waals surface area (Å²) in [6.45, 7) is 1.70. The maximum atomic E-state index is 11.9. The number of hydrogen-bond donors (Lipinski definition) is 3. The largest absolute Gasteiger partial charge is 0.463 e. The van der Waals surface area contributed by atoms with Crippen LogP contribution in [0.15, 0.2) is 28.8 Å². The van der Waals surface area contributed by atoms with Crippen LogP contribution in [-0.4, -0.2) is 50.2 Å². The van der Waals surface area contributed by atoms with E-state index in [-0.39, 0.29) is 49.9 Å². The van der Waals surface area contributed by atoms with E-state index in [1.165, 1.54) is 11.3 Å². The van der Waals surface area contributed by atoms with Crippen LogP contribution in [0.4, 0.5) is 4.79 Å². The predicted octanol–water partition coefficient (Wildman–Crippen LogP) is 0.541. The maximum Gasteiger partial charge on any atom is 0.337 e. The molecule has 0 saturated heterocycles. The van der Waals surface area contributed by atoms with Gasteiger partial charge >= 0.3 is 18.0 Å². The molecule has 1 aromatic rings. The van der Waals surface area contributed by atoms with E-state index in [1.54, 1.807) is 24.4 Å². The highest BCUT2D eigenvalue weighted by Gasteiger charge is 2.24. The van der Waals surface area contributed by atoms with Gasteiger partial charge in [-0.2, -0.15) is 0 Å². The van der Waals surface area contributed by atoms with Gasteiger partial charge in [-0.3, -0.25) is 9.59 Å². The second-order valence-corrected chi connectivity index (χ2v) is 6.08. The zero-order valence-corrected chi connectivity index (χ0v) is 14.9. The minimum Gasteiger partial charge on any atom is -0.463 e. The quantitative estimate of drug-likeness (QED) is 0.565. The van der Waals surface area contributed by atoms with E-state index in [0.717, 1.165) is 0 Å². The van der Waals surface area contributed by atoms with E-state index in [4.69, 9.17) is 9.47 Å². The molecule has 0 aromatic carbocycles. The van der Waals surface area contributed by atoms with Crippen LogP contribution in [0.3, 0.4) is 0 Å². The normalized spacial score (nSPS) is 13.5. The molecule has 0 atom stereocenters. The first-order chi connectivity index (χ1) is 12.5. The Hall–Kier alpha value is -2.88. The molecule has 1 aromatic heterocycles. The lowest BCUT2D eigenvalue weighted by Gasteiger charge is -2.21. The van der Waals surface area contributed by atoms with Gasteiger partial charge in [0.2, 0.25) is 0 Å². The van der Waals surface area contributed by atoms with Crippen molar-refractivity contribution in [2.45, 2.75) is 13.3 Å². The number of carbonyl (C=O) groups is 4. The summed E-state index contributed by atoms with van der Waals surface area (Å²) in [5, 5.41) is 9.28. The summed E-state index contributed by atoms with van der Waals surface area (Å²) in [5.74, 6) is -1.42. The Morgan fingerprint density at radius 2 is 2.12 bits per heavy atom. The van der Waals surface area contributed by atoms with E-state index < -0.39 is 18.0 Å². The molecule has 1 aliphatic rings. The van der Waals surface area contributed by atoms with Crippen LogP contribution in [0.1, 0.15) is 23.0 Å². The number of carbonyl (C=O) groups excluding carboxylic acids is 4. The first-order valence-corrected chi connectivity index (χ1v) is 8.80. The summed E-state index contributed by atoms with van der Waals surface area (Å²) in [4.78, 5) is 47.4. The van der Waals surface area contributed by atoms with E-state index in [2.05, 4.69) is 16.0 Å². The lowest BCUT2D eigenvalue weighted by molar-refractivity contribution is -0.143. The monoisotopic (exact) mass is 381 g/mol. The highest BCUT2D eigenvalue weighted by Crippen LogP contribution is 2.09. The van der Waals surface area contributed by atoms with Gasteiger partial charge in [0, 0.05) is 6.54 Å². The number of hydrogen-bond acceptors (Lipinski definition) is 7. The molecule has 26 heavy (non-hydrogen) atoms. The molecule has 0 saturated carbocycles. The Balaban J connectivity index is 1.81. The van der Waals surface area contributed by atoms with Crippen LogP contribution in [-0.2, 0) is 19.1 Å². The maximum absolute atomic E-state index is 11.9. The molecule has 140 valence electrons. The molecular weight excluding hydrogens is 362 g/mol. The van der Waals surface area contributed by atoms with Gasteiger partial charge in [-0.05, 0) is 18.4 Å². The highest BCUT2D eigenvalue weighted by atomic mass is 32.1. The molecule has 10 heteroatoms. The molecule has 0 fully saturated rings. The van der Waals surface area contributed by atoms with Gasteiger partial charge in [-0.25, -0.2) is 9.59 Å². The average molecular weight is 381 g/mol. The molecule has 0 radical (unpaired) electrons. The van der Waals surface area contributed by atoms with E-state index in [0.29, 0.717) is 4.88 Å². The number of nitrogens with one attached hydrogen (secondary N) is 3. The zero-order valence-electron chi connectivity index (χ0n) is 14.1. The van der Waals surface area contributed by atoms with Gasteiger partial charge < -0.3 is 25.4 Å². The van der Waals surface area contributed by atoms with Gasteiger partial charge in [-0.1, -0.05) is 6.07 Å². The van der Waals surface area contributed by atoms with E-state index >= 15 is 0 Å². The van der Waals surface area contributed by atoms with Crippen molar-refractivity contribution in [1.29, 1.82) is 0 Å². The molecule has 9 nitrogen and oxygen atoms in total. The summed E-state index contributed by atoms with van der Waals surface area (Å²) in [5.41, 5.74) is 0.383. The Labute approximate surface area is 153 Å². The molecule has 0 bridgehead atoms. The summed E-state index contributed by atoms with van der Waals surface area (Å²) in [7, 11) is 0. The van der Waals surface area contributed by atoms with Crippen molar-refractivity contribution in [2.75, 3.05) is 26.3 Å². The van der Waals surface area contributed by atoms with Crippen LogP contribution in [0.25, 0.3) is 0 Å². The van der Waals surface area contributed by atoms with Gasteiger partial charge in [0.25, 0.3) is 5.91 Å². The number of esters is 2. The molecule has 0 spiro atoms. The van der Waals surface area contributed by atoms with Crippen LogP contribution < -0.4 is 16.0 Å². The number of rotatable bonds is 8. The van der Waals surface area contributed by atoms with Crippen molar-refractivity contribution >= 4 is 35.2 Å². The average Bonchev–Trinajstić information content (AvgIpc) is 3.15. The molecule has 2 rings (SSSR count). The first-order valence-electron chi connectivity index (χ1n) is 7.92. The SMILES string of the molecule is CCOC(=O)C1=C(COC(=O)CCNC(=O)c2cccs2)NC(=O)NC1. The molecule has 1 aliphatic heterocycles. The first kappa shape index (κ1) is 19.4. The minimum atomic E-state index is -0.589. The van der Waals surface area contributed by atoms with Gasteiger partial charge in [0.15, 0.2) is 0 Å². The Bertz CT molecular complexity index is 714. The summed E-state index contributed by atoms with van der Waals surface area (Å²) in [6, 6.07) is 2.95. The third-order valence-electron chi connectivity index (χ3n) is 3.31. The fraction of sp³-hybridized carbons (Fsp3) is 0.375. The molecule has 2 heterocycles. The zero-order chi connectivity index (χ0) is 18.9. The van der Waals surface area contributed by atoms with Crippen LogP contribution in [0.2, 0.25) is 0 Å². The third-order valence-corrected chi connectivity index (χ3v) is 4.18. The Morgan fingerprint density at radius 1 is 1.31 bits per heavy atom. The van der Waals surface area contributed by atoms with Crippen molar-refractivity contribution in [1.82, 2.24) is 16.0 Å². The topological polar surface area (TPSA) is 123 Å². The molecule has 3 N–H and O–H groups in total. The van der Waals surface area contributed by atoms with Crippen LogP contribution >= 0.6 is 11.3 Å². The summed E-state index contributed by atoms with van der Waals surface area (Å²) in [6.07, 6.45) is -0.0364. The fourth-order valence-electron chi connectivity index (χ4n) is 2.07. The number of thiophene rings is 1. The second-order valence-electron chi connectivity index (χ2n) is 5.13. The van der Waals surface area contributed by atoms with Crippen molar-refractivity contribution in [3.05, 3.63) is 33.7 Å². The number of ether oxygens (including phenoxy) is 2. The number of amides is 3. The lowest BCUT2D eigenvalue weighted by atomic mass is 10.2.